The van der Waals surface area contributed by atoms with Crippen molar-refractivity contribution < 1.29 is 19.4 Å². The first-order valence-electron chi connectivity index (χ1n) is 8.03. The zero-order valence-electron chi connectivity index (χ0n) is 14.7. The minimum Gasteiger partial charge on any atom is -0.504 e. The third kappa shape index (κ3) is 5.94. The smallest absolute Gasteiger partial charge is 0.240 e. The normalized spacial score (nSPS) is 10.5. The van der Waals surface area contributed by atoms with Crippen molar-refractivity contribution >= 4 is 23.7 Å². The van der Waals surface area contributed by atoms with Crippen molar-refractivity contribution in [1.29, 1.82) is 0 Å². The highest BCUT2D eigenvalue weighted by molar-refractivity contribution is 5.93. The number of benzene rings is 2. The molecule has 0 aliphatic rings. The fraction of sp³-hybridized carbons (Fsp3) is 0.211. The van der Waals surface area contributed by atoms with Crippen LogP contribution >= 0.6 is 0 Å². The van der Waals surface area contributed by atoms with E-state index < -0.39 is 0 Å². The van der Waals surface area contributed by atoms with Gasteiger partial charge in [-0.15, -0.1) is 0 Å². The first kappa shape index (κ1) is 19.0. The van der Waals surface area contributed by atoms with Crippen LogP contribution in [0, 0.1) is 6.92 Å². The Hall–Kier alpha value is -3.35. The van der Waals surface area contributed by atoms with Crippen molar-refractivity contribution in [2.75, 3.05) is 12.4 Å². The van der Waals surface area contributed by atoms with Crippen molar-refractivity contribution in [1.82, 2.24) is 5.43 Å². The molecule has 0 saturated heterocycles. The van der Waals surface area contributed by atoms with Gasteiger partial charge in [0.25, 0.3) is 0 Å². The number of anilines is 1. The largest absolute Gasteiger partial charge is 0.504 e. The molecule has 0 heterocycles. The second kappa shape index (κ2) is 9.22. The van der Waals surface area contributed by atoms with Crippen LogP contribution in [0.1, 0.15) is 24.0 Å². The lowest BCUT2D eigenvalue weighted by atomic mass is 10.2. The molecule has 0 aromatic heterocycles. The Morgan fingerprint density at radius 2 is 1.92 bits per heavy atom. The molecule has 136 valence electrons. The van der Waals surface area contributed by atoms with Crippen LogP contribution in [0.5, 0.6) is 11.5 Å². The summed E-state index contributed by atoms with van der Waals surface area (Å²) >= 11 is 0. The highest BCUT2D eigenvalue weighted by Gasteiger charge is 2.07. The van der Waals surface area contributed by atoms with Gasteiger partial charge in [-0.25, -0.2) is 5.43 Å². The zero-order chi connectivity index (χ0) is 18.9. The van der Waals surface area contributed by atoms with Gasteiger partial charge in [-0.05, 0) is 48.4 Å². The molecule has 2 aromatic rings. The number of rotatable bonds is 7. The van der Waals surface area contributed by atoms with E-state index in [4.69, 9.17) is 4.74 Å². The molecular formula is C19H21N3O4. The number of phenolic OH excluding ortho intramolecular Hbond substituents is 1. The molecule has 2 aromatic carbocycles. The van der Waals surface area contributed by atoms with Crippen molar-refractivity contribution in [3.8, 4) is 11.5 Å². The minimum absolute atomic E-state index is 0.0167. The molecule has 0 unspecified atom stereocenters. The Balaban J connectivity index is 1.76. The second-order valence-electron chi connectivity index (χ2n) is 5.64. The minimum atomic E-state index is -0.377. The number of nitrogens with zero attached hydrogens (tertiary/aromatic N) is 1. The molecule has 0 aliphatic heterocycles. The van der Waals surface area contributed by atoms with Gasteiger partial charge < -0.3 is 15.2 Å². The van der Waals surface area contributed by atoms with Gasteiger partial charge in [0.15, 0.2) is 11.5 Å². The van der Waals surface area contributed by atoms with Crippen LogP contribution in [0.15, 0.2) is 47.6 Å². The van der Waals surface area contributed by atoms with Crippen LogP contribution < -0.4 is 15.5 Å². The van der Waals surface area contributed by atoms with Gasteiger partial charge >= 0.3 is 0 Å². The van der Waals surface area contributed by atoms with Crippen molar-refractivity contribution in [3.05, 3.63) is 53.6 Å². The van der Waals surface area contributed by atoms with E-state index in [1.807, 2.05) is 25.1 Å². The van der Waals surface area contributed by atoms with Gasteiger partial charge in [-0.3, -0.25) is 9.59 Å². The standard InChI is InChI=1S/C19H21N3O4/c1-13-4-3-5-15(10-13)21-18(24)8-9-19(25)22-20-12-14-6-7-17(26-2)16(23)11-14/h3-7,10-12,23H,8-9H2,1-2H3,(H,21,24)(H,22,25). The number of hydrazone groups is 1. The number of carbonyl (C=O) groups excluding carboxylic acids is 2. The Labute approximate surface area is 151 Å². The van der Waals surface area contributed by atoms with Crippen LogP contribution in [-0.4, -0.2) is 30.2 Å². The van der Waals surface area contributed by atoms with E-state index >= 15 is 0 Å². The predicted molar refractivity (Wildman–Crippen MR) is 99.4 cm³/mol. The molecule has 0 radical (unpaired) electrons. The summed E-state index contributed by atoms with van der Waals surface area (Å²) in [6.45, 7) is 1.93. The summed E-state index contributed by atoms with van der Waals surface area (Å²) in [6, 6.07) is 12.2. The first-order valence-corrected chi connectivity index (χ1v) is 8.03. The number of carbonyl (C=O) groups is 2. The fourth-order valence-corrected chi connectivity index (χ4v) is 2.20. The maximum absolute atomic E-state index is 11.9. The van der Waals surface area contributed by atoms with E-state index in [9.17, 15) is 14.7 Å². The fourth-order valence-electron chi connectivity index (χ4n) is 2.20. The van der Waals surface area contributed by atoms with Crippen molar-refractivity contribution in [2.24, 2.45) is 5.10 Å². The number of phenols is 1. The first-order chi connectivity index (χ1) is 12.5. The van der Waals surface area contributed by atoms with Gasteiger partial charge in [0, 0.05) is 18.5 Å². The molecule has 0 saturated carbocycles. The SMILES string of the molecule is COc1ccc(C=NNC(=O)CCC(=O)Nc2cccc(C)c2)cc1O. The summed E-state index contributed by atoms with van der Waals surface area (Å²) in [4.78, 5) is 23.6. The van der Waals surface area contributed by atoms with Crippen molar-refractivity contribution in [2.45, 2.75) is 19.8 Å². The third-order valence-electron chi connectivity index (χ3n) is 3.49. The molecule has 2 amide bonds. The lowest BCUT2D eigenvalue weighted by Gasteiger charge is -2.05. The highest BCUT2D eigenvalue weighted by Crippen LogP contribution is 2.25. The molecule has 3 N–H and O–H groups in total. The van der Waals surface area contributed by atoms with Gasteiger partial charge in [0.2, 0.25) is 11.8 Å². The number of amides is 2. The van der Waals surface area contributed by atoms with E-state index in [0.717, 1.165) is 5.56 Å². The molecule has 2 rings (SSSR count). The summed E-state index contributed by atoms with van der Waals surface area (Å²) in [7, 11) is 1.46. The van der Waals surface area contributed by atoms with Crippen LogP contribution in [0.3, 0.4) is 0 Å². The number of nitrogens with one attached hydrogen (secondary N) is 2. The summed E-state index contributed by atoms with van der Waals surface area (Å²) in [5.41, 5.74) is 4.69. The van der Waals surface area contributed by atoms with Gasteiger partial charge in [0.1, 0.15) is 0 Å². The highest BCUT2D eigenvalue weighted by atomic mass is 16.5. The summed E-state index contributed by atoms with van der Waals surface area (Å²) in [6.07, 6.45) is 1.46. The average molecular weight is 355 g/mol. The molecule has 0 spiro atoms. The molecule has 0 fully saturated rings. The summed E-state index contributed by atoms with van der Waals surface area (Å²) in [5.74, 6) is -0.283. The van der Waals surface area contributed by atoms with Gasteiger partial charge in [-0.1, -0.05) is 12.1 Å². The van der Waals surface area contributed by atoms with Crippen LogP contribution in [0.4, 0.5) is 5.69 Å². The predicted octanol–water partition coefficient (Wildman–Crippen LogP) is 2.58. The van der Waals surface area contributed by atoms with Crippen LogP contribution in [0.2, 0.25) is 0 Å². The summed E-state index contributed by atoms with van der Waals surface area (Å²) < 4.78 is 4.94. The molecule has 0 bridgehead atoms. The third-order valence-corrected chi connectivity index (χ3v) is 3.49. The molecule has 0 atom stereocenters. The lowest BCUT2D eigenvalue weighted by molar-refractivity contribution is -0.124. The summed E-state index contributed by atoms with van der Waals surface area (Å²) in [5, 5.41) is 16.2. The molecule has 0 aliphatic carbocycles. The van der Waals surface area contributed by atoms with E-state index in [0.29, 0.717) is 17.0 Å². The zero-order valence-corrected chi connectivity index (χ0v) is 14.7. The van der Waals surface area contributed by atoms with E-state index in [2.05, 4.69) is 15.8 Å². The topological polar surface area (TPSA) is 100 Å². The molecule has 7 heteroatoms. The average Bonchev–Trinajstić information content (AvgIpc) is 2.60. The maximum Gasteiger partial charge on any atom is 0.240 e. The number of methoxy groups -OCH3 is 1. The monoisotopic (exact) mass is 355 g/mol. The lowest BCUT2D eigenvalue weighted by Crippen LogP contribution is -2.20. The van der Waals surface area contributed by atoms with E-state index in [1.165, 1.54) is 19.4 Å². The molecule has 7 nitrogen and oxygen atoms in total. The van der Waals surface area contributed by atoms with Gasteiger partial charge in [-0.2, -0.15) is 5.10 Å². The Kier molecular flexibility index (Phi) is 6.73. The van der Waals surface area contributed by atoms with Gasteiger partial charge in [0.05, 0.1) is 13.3 Å². The van der Waals surface area contributed by atoms with E-state index in [-0.39, 0.29) is 30.4 Å². The Morgan fingerprint density at radius 1 is 1.15 bits per heavy atom. The number of aryl methyl sites for hydroxylation is 1. The maximum atomic E-state index is 11.9. The molecular weight excluding hydrogens is 334 g/mol. The van der Waals surface area contributed by atoms with Crippen LogP contribution in [0.25, 0.3) is 0 Å². The second-order valence-corrected chi connectivity index (χ2v) is 5.64. The quantitative estimate of drug-likeness (QED) is 0.525. The number of hydrogen-bond donors (Lipinski definition) is 3. The Bertz CT molecular complexity index is 818. The van der Waals surface area contributed by atoms with Crippen molar-refractivity contribution in [3.63, 3.8) is 0 Å². The van der Waals surface area contributed by atoms with Crippen LogP contribution in [-0.2, 0) is 9.59 Å². The number of ether oxygens (including phenoxy) is 1. The van der Waals surface area contributed by atoms with E-state index in [1.54, 1.807) is 18.2 Å². The molecule has 26 heavy (non-hydrogen) atoms. The number of hydrogen-bond acceptors (Lipinski definition) is 5. The Morgan fingerprint density at radius 3 is 2.62 bits per heavy atom. The number of aromatic hydroxyl groups is 1.